The van der Waals surface area contributed by atoms with Crippen molar-refractivity contribution in [2.75, 3.05) is 0 Å². The molecule has 1 rings (SSSR count). The molecule has 0 N–H and O–H groups in total. The fourth-order valence-corrected chi connectivity index (χ4v) is 1.15. The summed E-state index contributed by atoms with van der Waals surface area (Å²) in [7, 11) is 0. The molecule has 0 fully saturated rings. The molecule has 0 aromatic carbocycles. The van der Waals surface area contributed by atoms with Crippen molar-refractivity contribution in [3.8, 4) is 0 Å². The minimum absolute atomic E-state index is 0.0378. The summed E-state index contributed by atoms with van der Waals surface area (Å²) in [5, 5.41) is 0. The van der Waals surface area contributed by atoms with Crippen LogP contribution in [0, 0.1) is 12.7 Å². The third-order valence-electron chi connectivity index (χ3n) is 1.61. The number of halogens is 4. The van der Waals surface area contributed by atoms with E-state index in [0.717, 1.165) is 6.07 Å². The van der Waals surface area contributed by atoms with E-state index in [1.165, 1.54) is 6.92 Å². The maximum absolute atomic E-state index is 12.8. The molecule has 0 bridgehead atoms. The van der Waals surface area contributed by atoms with Crippen LogP contribution >= 0.6 is 11.6 Å². The Labute approximate surface area is 78.5 Å². The van der Waals surface area contributed by atoms with Gasteiger partial charge in [0.2, 0.25) is 0 Å². The van der Waals surface area contributed by atoms with Crippen LogP contribution in [0.1, 0.15) is 23.4 Å². The van der Waals surface area contributed by atoms with Crippen molar-refractivity contribution in [3.63, 3.8) is 0 Å². The molecule has 72 valence electrons. The molecule has 0 aliphatic carbocycles. The second-order valence-corrected chi connectivity index (χ2v) is 2.80. The van der Waals surface area contributed by atoms with Crippen molar-refractivity contribution in [2.45, 2.75) is 19.2 Å². The second kappa shape index (κ2) is 3.96. The Morgan fingerprint density at radius 1 is 1.54 bits per heavy atom. The number of alkyl halides is 3. The monoisotopic (exact) mass is 209 g/mol. The van der Waals surface area contributed by atoms with Crippen LogP contribution < -0.4 is 0 Å². The van der Waals surface area contributed by atoms with Crippen LogP contribution in [0.5, 0.6) is 0 Å². The van der Waals surface area contributed by atoms with Gasteiger partial charge >= 0.3 is 0 Å². The fraction of sp³-hybridized carbons (Fsp3) is 0.375. The lowest BCUT2D eigenvalue weighted by Gasteiger charge is -2.06. The Kier molecular flexibility index (Phi) is 3.14. The third kappa shape index (κ3) is 2.12. The summed E-state index contributed by atoms with van der Waals surface area (Å²) >= 11 is 5.36. The zero-order valence-electron chi connectivity index (χ0n) is 6.82. The second-order valence-electron chi connectivity index (χ2n) is 2.53. The molecule has 1 aromatic rings. The topological polar surface area (TPSA) is 12.9 Å². The van der Waals surface area contributed by atoms with E-state index in [4.69, 9.17) is 11.6 Å². The Morgan fingerprint density at radius 3 is 2.62 bits per heavy atom. The summed E-state index contributed by atoms with van der Waals surface area (Å²) in [6.07, 6.45) is -2.71. The van der Waals surface area contributed by atoms with Gasteiger partial charge in [0.05, 0.1) is 5.69 Å². The van der Waals surface area contributed by atoms with Gasteiger partial charge in [0.1, 0.15) is 11.5 Å². The molecule has 0 aliphatic rings. The van der Waals surface area contributed by atoms with Crippen LogP contribution in [0.3, 0.4) is 0 Å². The van der Waals surface area contributed by atoms with Gasteiger partial charge in [0.15, 0.2) is 0 Å². The smallest absolute Gasteiger partial charge is 0.249 e. The normalized spacial score (nSPS) is 10.9. The average Bonchev–Trinajstić information content (AvgIpc) is 2.08. The van der Waals surface area contributed by atoms with E-state index in [9.17, 15) is 13.2 Å². The van der Waals surface area contributed by atoms with E-state index < -0.39 is 17.9 Å². The predicted molar refractivity (Wildman–Crippen MR) is 43.4 cm³/mol. The molecule has 0 radical (unpaired) electrons. The zero-order valence-corrected chi connectivity index (χ0v) is 7.58. The van der Waals surface area contributed by atoms with E-state index in [0.29, 0.717) is 0 Å². The Hall–Kier alpha value is -0.770. The van der Waals surface area contributed by atoms with Crippen molar-refractivity contribution >= 4 is 11.6 Å². The summed E-state index contributed by atoms with van der Waals surface area (Å²) < 4.78 is 37.4. The van der Waals surface area contributed by atoms with Crippen LogP contribution in [0.25, 0.3) is 0 Å². The summed E-state index contributed by atoms with van der Waals surface area (Å²) in [5.41, 5.74) is -0.433. The molecular weight excluding hydrogens is 203 g/mol. The third-order valence-corrected chi connectivity index (χ3v) is 1.90. The van der Waals surface area contributed by atoms with Crippen molar-refractivity contribution in [2.24, 2.45) is 0 Å². The van der Waals surface area contributed by atoms with Gasteiger partial charge in [-0.15, -0.1) is 11.6 Å². The number of nitrogens with zero attached hydrogens (tertiary/aromatic N) is 1. The van der Waals surface area contributed by atoms with Gasteiger partial charge in [-0.05, 0) is 18.6 Å². The van der Waals surface area contributed by atoms with Gasteiger partial charge in [0.25, 0.3) is 6.43 Å². The van der Waals surface area contributed by atoms with Crippen molar-refractivity contribution in [3.05, 3.63) is 28.8 Å². The van der Waals surface area contributed by atoms with Gasteiger partial charge < -0.3 is 0 Å². The first-order chi connectivity index (χ1) is 6.06. The van der Waals surface area contributed by atoms with Gasteiger partial charge in [0, 0.05) is 5.88 Å². The molecule has 1 heterocycles. The number of hydrogen-bond donors (Lipinski definition) is 0. The number of hydrogen-bond acceptors (Lipinski definition) is 1. The zero-order chi connectivity index (χ0) is 10.0. The highest BCUT2D eigenvalue weighted by Crippen LogP contribution is 2.23. The number of aryl methyl sites for hydroxylation is 1. The van der Waals surface area contributed by atoms with E-state index in [2.05, 4.69) is 4.98 Å². The number of rotatable bonds is 2. The van der Waals surface area contributed by atoms with Gasteiger partial charge in [-0.2, -0.15) is 0 Å². The molecule has 1 nitrogen and oxygen atoms in total. The van der Waals surface area contributed by atoms with Crippen LogP contribution in [0.15, 0.2) is 6.07 Å². The van der Waals surface area contributed by atoms with Crippen molar-refractivity contribution < 1.29 is 13.2 Å². The van der Waals surface area contributed by atoms with Crippen molar-refractivity contribution in [1.82, 2.24) is 4.98 Å². The summed E-state index contributed by atoms with van der Waals surface area (Å²) in [6.45, 7) is 1.33. The van der Waals surface area contributed by atoms with Crippen LogP contribution in [-0.4, -0.2) is 4.98 Å². The van der Waals surface area contributed by atoms with Crippen molar-refractivity contribution in [1.29, 1.82) is 0 Å². The highest BCUT2D eigenvalue weighted by atomic mass is 35.5. The fourth-order valence-electron chi connectivity index (χ4n) is 0.933. The Morgan fingerprint density at radius 2 is 2.15 bits per heavy atom. The van der Waals surface area contributed by atoms with Gasteiger partial charge in [-0.3, -0.25) is 0 Å². The number of pyridine rings is 1. The molecule has 0 saturated carbocycles. The highest BCUT2D eigenvalue weighted by molar-refractivity contribution is 6.17. The molecule has 13 heavy (non-hydrogen) atoms. The lowest BCUT2D eigenvalue weighted by atomic mass is 10.2. The minimum atomic E-state index is -2.71. The van der Waals surface area contributed by atoms with E-state index >= 15 is 0 Å². The van der Waals surface area contributed by atoms with Crippen LogP contribution in [0.4, 0.5) is 13.2 Å². The molecule has 0 saturated heterocycles. The van der Waals surface area contributed by atoms with Gasteiger partial charge in [-0.1, -0.05) is 0 Å². The average molecular weight is 210 g/mol. The maximum Gasteiger partial charge on any atom is 0.280 e. The Balaban J connectivity index is 3.25. The molecule has 5 heteroatoms. The van der Waals surface area contributed by atoms with E-state index in [-0.39, 0.29) is 17.1 Å². The van der Waals surface area contributed by atoms with Crippen LogP contribution in [0.2, 0.25) is 0 Å². The molecular formula is C8H7ClF3N. The SMILES string of the molecule is Cc1nc(C(F)F)c(CCl)cc1F. The summed E-state index contributed by atoms with van der Waals surface area (Å²) in [5.74, 6) is -0.774. The first kappa shape index (κ1) is 10.3. The first-order valence-electron chi connectivity index (χ1n) is 3.56. The number of aromatic nitrogens is 1. The predicted octanol–water partition coefficient (Wildman–Crippen LogP) is 3.21. The summed E-state index contributed by atoms with van der Waals surface area (Å²) in [4.78, 5) is 3.43. The molecule has 0 aliphatic heterocycles. The van der Waals surface area contributed by atoms with Crippen LogP contribution in [-0.2, 0) is 5.88 Å². The van der Waals surface area contributed by atoms with E-state index in [1.54, 1.807) is 0 Å². The summed E-state index contributed by atoms with van der Waals surface area (Å²) in [6, 6.07) is 0.997. The molecule has 0 atom stereocenters. The Bertz CT molecular complexity index is 315. The first-order valence-corrected chi connectivity index (χ1v) is 4.09. The molecule has 0 spiro atoms. The quantitative estimate of drug-likeness (QED) is 0.682. The van der Waals surface area contributed by atoms with Gasteiger partial charge in [-0.25, -0.2) is 18.2 Å². The molecule has 0 unspecified atom stereocenters. The minimum Gasteiger partial charge on any atom is -0.249 e. The largest absolute Gasteiger partial charge is 0.280 e. The maximum atomic E-state index is 12.8. The van der Waals surface area contributed by atoms with E-state index in [1.807, 2.05) is 0 Å². The molecule has 0 amide bonds. The lowest BCUT2D eigenvalue weighted by Crippen LogP contribution is -2.01. The molecule has 1 aromatic heterocycles. The lowest BCUT2D eigenvalue weighted by molar-refractivity contribution is 0.144. The highest BCUT2D eigenvalue weighted by Gasteiger charge is 2.16. The standard InChI is InChI=1S/C8H7ClF3N/c1-4-6(10)2-5(3-9)7(13-4)8(11)12/h2,8H,3H2,1H3.